The number of carbonyl (C=O) groups excluding carboxylic acids is 1. The van der Waals surface area contributed by atoms with E-state index in [0.29, 0.717) is 6.54 Å². The molecule has 1 aliphatic heterocycles. The van der Waals surface area contributed by atoms with Crippen molar-refractivity contribution in [2.75, 3.05) is 0 Å². The molecule has 0 spiro atoms. The molecule has 1 aliphatic rings. The predicted octanol–water partition coefficient (Wildman–Crippen LogP) is 0.880. The normalized spacial score (nSPS) is 14.5. The minimum Gasteiger partial charge on any atom is -0.361 e. The number of fused-ring (bicyclic) bond motifs is 1. The van der Waals surface area contributed by atoms with Gasteiger partial charge in [0, 0.05) is 18.1 Å². The predicted molar refractivity (Wildman–Crippen MR) is 45.0 cm³/mol. The highest BCUT2D eigenvalue weighted by Gasteiger charge is 2.13. The highest BCUT2D eigenvalue weighted by atomic mass is 16.2. The van der Waals surface area contributed by atoms with Crippen LogP contribution in [0.4, 0.5) is 4.79 Å². The summed E-state index contributed by atoms with van der Waals surface area (Å²) in [5.74, 6) is 0. The van der Waals surface area contributed by atoms with E-state index in [1.54, 1.807) is 6.20 Å². The Kier molecular flexibility index (Phi) is 1.40. The largest absolute Gasteiger partial charge is 0.361 e. The van der Waals surface area contributed by atoms with E-state index in [0.717, 1.165) is 11.3 Å². The Bertz CT molecular complexity index is 340. The zero-order valence-corrected chi connectivity index (χ0v) is 6.45. The van der Waals surface area contributed by atoms with E-state index < -0.39 is 6.03 Å². The summed E-state index contributed by atoms with van der Waals surface area (Å²) in [5, 5.41) is 0. The van der Waals surface area contributed by atoms with Crippen molar-refractivity contribution >= 4 is 12.1 Å². The first-order valence-electron chi connectivity index (χ1n) is 3.68. The van der Waals surface area contributed by atoms with E-state index in [1.165, 1.54) is 4.90 Å². The molecule has 0 aliphatic carbocycles. The number of carbonyl (C=O) groups is 1. The Morgan fingerprint density at radius 2 is 2.50 bits per heavy atom. The average molecular weight is 163 g/mol. The maximum absolute atomic E-state index is 10.8. The van der Waals surface area contributed by atoms with Gasteiger partial charge in [-0.25, -0.2) is 4.79 Å². The van der Waals surface area contributed by atoms with Crippen LogP contribution in [0.2, 0.25) is 0 Å². The third-order valence-electron chi connectivity index (χ3n) is 1.91. The SMILES string of the molecule is NC(=O)N1C=Cc2[nH]ccc2C1. The average Bonchev–Trinajstić information content (AvgIpc) is 2.49. The molecule has 0 aromatic carbocycles. The maximum Gasteiger partial charge on any atom is 0.319 e. The first kappa shape index (κ1) is 6.97. The highest BCUT2D eigenvalue weighted by Crippen LogP contribution is 2.17. The fourth-order valence-corrected chi connectivity index (χ4v) is 1.26. The van der Waals surface area contributed by atoms with Crippen LogP contribution in [0.25, 0.3) is 6.08 Å². The van der Waals surface area contributed by atoms with Gasteiger partial charge in [0.2, 0.25) is 0 Å². The molecular formula is C8H9N3O. The van der Waals surface area contributed by atoms with Crippen LogP contribution in [-0.4, -0.2) is 15.9 Å². The van der Waals surface area contributed by atoms with E-state index >= 15 is 0 Å². The Hall–Kier alpha value is -1.71. The summed E-state index contributed by atoms with van der Waals surface area (Å²) in [7, 11) is 0. The van der Waals surface area contributed by atoms with Gasteiger partial charge in [-0.05, 0) is 17.7 Å². The smallest absolute Gasteiger partial charge is 0.319 e. The number of rotatable bonds is 0. The summed E-state index contributed by atoms with van der Waals surface area (Å²) < 4.78 is 0. The van der Waals surface area contributed by atoms with Crippen molar-refractivity contribution in [3.63, 3.8) is 0 Å². The molecule has 0 unspecified atom stereocenters. The van der Waals surface area contributed by atoms with Gasteiger partial charge in [0.1, 0.15) is 0 Å². The molecular weight excluding hydrogens is 154 g/mol. The van der Waals surface area contributed by atoms with E-state index in [9.17, 15) is 4.79 Å². The van der Waals surface area contributed by atoms with E-state index in [4.69, 9.17) is 5.73 Å². The number of nitrogens with one attached hydrogen (secondary N) is 1. The van der Waals surface area contributed by atoms with Crippen molar-refractivity contribution in [1.29, 1.82) is 0 Å². The molecule has 2 rings (SSSR count). The summed E-state index contributed by atoms with van der Waals surface area (Å²) in [5.41, 5.74) is 7.26. The second-order valence-electron chi connectivity index (χ2n) is 2.70. The minimum atomic E-state index is -0.418. The lowest BCUT2D eigenvalue weighted by molar-refractivity contribution is 0.223. The Balaban J connectivity index is 2.30. The minimum absolute atomic E-state index is 0.418. The molecule has 0 radical (unpaired) electrons. The summed E-state index contributed by atoms with van der Waals surface area (Å²) >= 11 is 0. The standard InChI is InChI=1S/C8H9N3O/c9-8(12)11-4-2-7-6(5-11)1-3-10-7/h1-4,10H,5H2,(H2,9,12). The van der Waals surface area contributed by atoms with Crippen LogP contribution >= 0.6 is 0 Å². The van der Waals surface area contributed by atoms with Gasteiger partial charge in [0.25, 0.3) is 0 Å². The first-order valence-corrected chi connectivity index (χ1v) is 3.68. The number of urea groups is 1. The van der Waals surface area contributed by atoms with E-state index in [-0.39, 0.29) is 0 Å². The molecule has 1 aromatic heterocycles. The van der Waals surface area contributed by atoms with Crippen molar-refractivity contribution in [1.82, 2.24) is 9.88 Å². The summed E-state index contributed by atoms with van der Waals surface area (Å²) in [4.78, 5) is 15.3. The molecule has 3 N–H and O–H groups in total. The summed E-state index contributed by atoms with van der Waals surface area (Å²) in [6.45, 7) is 0.560. The van der Waals surface area contributed by atoms with Gasteiger partial charge in [-0.3, -0.25) is 4.90 Å². The molecule has 0 bridgehead atoms. The number of H-pyrrole nitrogens is 1. The number of hydrogen-bond acceptors (Lipinski definition) is 1. The van der Waals surface area contributed by atoms with Crippen LogP contribution in [0.3, 0.4) is 0 Å². The number of nitrogens with zero attached hydrogens (tertiary/aromatic N) is 1. The Labute approximate surface area is 69.7 Å². The van der Waals surface area contributed by atoms with Crippen LogP contribution in [0, 0.1) is 0 Å². The van der Waals surface area contributed by atoms with Gasteiger partial charge in [0.15, 0.2) is 0 Å². The highest BCUT2D eigenvalue weighted by molar-refractivity contribution is 5.75. The number of hydrogen-bond donors (Lipinski definition) is 2. The second-order valence-corrected chi connectivity index (χ2v) is 2.70. The topological polar surface area (TPSA) is 62.1 Å². The lowest BCUT2D eigenvalue weighted by Gasteiger charge is -2.18. The number of aromatic nitrogens is 1. The van der Waals surface area contributed by atoms with Crippen molar-refractivity contribution in [2.45, 2.75) is 6.54 Å². The van der Waals surface area contributed by atoms with Crippen LogP contribution in [0.15, 0.2) is 18.5 Å². The van der Waals surface area contributed by atoms with Crippen LogP contribution in [-0.2, 0) is 6.54 Å². The van der Waals surface area contributed by atoms with Crippen molar-refractivity contribution in [3.8, 4) is 0 Å². The third-order valence-corrected chi connectivity index (χ3v) is 1.91. The molecule has 0 fully saturated rings. The third kappa shape index (κ3) is 0.972. The first-order chi connectivity index (χ1) is 5.77. The molecule has 62 valence electrons. The molecule has 0 saturated heterocycles. The maximum atomic E-state index is 10.8. The molecule has 0 saturated carbocycles. The van der Waals surface area contributed by atoms with E-state index in [1.807, 2.05) is 18.3 Å². The second kappa shape index (κ2) is 2.41. The monoisotopic (exact) mass is 163 g/mol. The zero-order chi connectivity index (χ0) is 8.55. The Morgan fingerprint density at radius 3 is 3.25 bits per heavy atom. The van der Waals surface area contributed by atoms with Gasteiger partial charge < -0.3 is 10.7 Å². The van der Waals surface area contributed by atoms with Gasteiger partial charge in [-0.1, -0.05) is 0 Å². The molecule has 2 amide bonds. The lowest BCUT2D eigenvalue weighted by Crippen LogP contribution is -2.31. The fraction of sp³-hybridized carbons (Fsp3) is 0.125. The van der Waals surface area contributed by atoms with Crippen LogP contribution in [0.1, 0.15) is 11.3 Å². The molecule has 12 heavy (non-hydrogen) atoms. The van der Waals surface area contributed by atoms with E-state index in [2.05, 4.69) is 4.98 Å². The lowest BCUT2D eigenvalue weighted by atomic mass is 10.2. The van der Waals surface area contributed by atoms with Crippen molar-refractivity contribution in [2.24, 2.45) is 5.73 Å². The van der Waals surface area contributed by atoms with Gasteiger partial charge in [-0.2, -0.15) is 0 Å². The van der Waals surface area contributed by atoms with Crippen LogP contribution in [0.5, 0.6) is 0 Å². The number of aromatic amines is 1. The molecule has 4 heteroatoms. The molecule has 0 atom stereocenters. The van der Waals surface area contributed by atoms with Gasteiger partial charge in [0.05, 0.1) is 6.54 Å². The van der Waals surface area contributed by atoms with Gasteiger partial charge in [-0.15, -0.1) is 0 Å². The molecule has 1 aromatic rings. The van der Waals surface area contributed by atoms with Gasteiger partial charge >= 0.3 is 6.03 Å². The number of primary amides is 1. The zero-order valence-electron chi connectivity index (χ0n) is 6.45. The number of amides is 2. The quantitative estimate of drug-likeness (QED) is 0.586. The Morgan fingerprint density at radius 1 is 1.67 bits per heavy atom. The fourth-order valence-electron chi connectivity index (χ4n) is 1.26. The molecule has 2 heterocycles. The summed E-state index contributed by atoms with van der Waals surface area (Å²) in [6, 6.07) is 1.52. The summed E-state index contributed by atoms with van der Waals surface area (Å²) in [6.07, 6.45) is 5.37. The molecule has 4 nitrogen and oxygen atoms in total. The van der Waals surface area contributed by atoms with Crippen molar-refractivity contribution in [3.05, 3.63) is 29.7 Å². The van der Waals surface area contributed by atoms with Crippen LogP contribution < -0.4 is 5.73 Å². The van der Waals surface area contributed by atoms with Crippen molar-refractivity contribution < 1.29 is 4.79 Å². The number of nitrogens with two attached hydrogens (primary N) is 1.